The molecule has 8 heteroatoms. The molecule has 0 aliphatic carbocycles. The van der Waals surface area contributed by atoms with E-state index >= 15 is 0 Å². The van der Waals surface area contributed by atoms with Crippen molar-refractivity contribution < 1.29 is 14.0 Å². The van der Waals surface area contributed by atoms with E-state index in [9.17, 15) is 9.59 Å². The van der Waals surface area contributed by atoms with Crippen molar-refractivity contribution in [3.8, 4) is 0 Å². The van der Waals surface area contributed by atoms with Gasteiger partial charge in [0.15, 0.2) is 5.58 Å². The smallest absolute Gasteiger partial charge is 0.321 e. The number of anilines is 1. The van der Waals surface area contributed by atoms with E-state index in [1.54, 1.807) is 6.92 Å². The first-order chi connectivity index (χ1) is 12.1. The molecule has 1 fully saturated rings. The fourth-order valence-corrected chi connectivity index (χ4v) is 2.88. The maximum Gasteiger partial charge on any atom is 0.321 e. The number of imide groups is 1. The quantitative estimate of drug-likeness (QED) is 0.865. The summed E-state index contributed by atoms with van der Waals surface area (Å²) in [5, 5.41) is 4.92. The molecule has 0 bridgehead atoms. The molecule has 1 aliphatic rings. The summed E-state index contributed by atoms with van der Waals surface area (Å²) in [6.45, 7) is 6.92. The predicted molar refractivity (Wildman–Crippen MR) is 94.5 cm³/mol. The number of urea groups is 1. The van der Waals surface area contributed by atoms with Gasteiger partial charge in [0.05, 0.1) is 6.04 Å². The van der Waals surface area contributed by atoms with Gasteiger partial charge < -0.3 is 14.6 Å². The molecule has 2 aromatic rings. The third-order valence-electron chi connectivity index (χ3n) is 4.37. The van der Waals surface area contributed by atoms with Crippen LogP contribution in [0, 0.1) is 0 Å². The van der Waals surface area contributed by atoms with Gasteiger partial charge in [-0.05, 0) is 26.0 Å². The van der Waals surface area contributed by atoms with Crippen molar-refractivity contribution in [2.75, 3.05) is 37.6 Å². The minimum Gasteiger partial charge on any atom is -0.423 e. The van der Waals surface area contributed by atoms with Crippen LogP contribution in [0.5, 0.6) is 0 Å². The molecule has 0 saturated carbocycles. The molecule has 1 saturated heterocycles. The Morgan fingerprint density at radius 2 is 1.96 bits per heavy atom. The van der Waals surface area contributed by atoms with Gasteiger partial charge in [-0.1, -0.05) is 12.1 Å². The SMILES string of the molecule is CCNC(=O)NC(=O)C(C)N1CCN(c2nc3ccccc3o2)CC1. The van der Waals surface area contributed by atoms with Crippen molar-refractivity contribution in [3.05, 3.63) is 24.3 Å². The Labute approximate surface area is 146 Å². The molecule has 2 N–H and O–H groups in total. The van der Waals surface area contributed by atoms with Crippen molar-refractivity contribution in [2.24, 2.45) is 0 Å². The standard InChI is InChI=1S/C17H23N5O3/c1-3-18-16(24)20-15(23)12(2)21-8-10-22(11-9-21)17-19-13-6-4-5-7-14(13)25-17/h4-7,12H,3,8-11H2,1-2H3,(H2,18,20,23,24). The third-order valence-corrected chi connectivity index (χ3v) is 4.37. The van der Waals surface area contributed by atoms with Crippen LogP contribution in [-0.4, -0.2) is 60.6 Å². The summed E-state index contributed by atoms with van der Waals surface area (Å²) >= 11 is 0. The number of aromatic nitrogens is 1. The Morgan fingerprint density at radius 3 is 2.64 bits per heavy atom. The number of nitrogens with one attached hydrogen (secondary N) is 2. The van der Waals surface area contributed by atoms with Crippen LogP contribution >= 0.6 is 0 Å². The molecule has 2 heterocycles. The van der Waals surface area contributed by atoms with Crippen molar-refractivity contribution >= 4 is 29.1 Å². The summed E-state index contributed by atoms with van der Waals surface area (Å²) in [5.41, 5.74) is 1.62. The number of hydrogen-bond donors (Lipinski definition) is 2. The Hall–Kier alpha value is -2.61. The van der Waals surface area contributed by atoms with Gasteiger partial charge in [0.25, 0.3) is 6.01 Å². The second-order valence-electron chi connectivity index (χ2n) is 6.01. The minimum absolute atomic E-state index is 0.290. The lowest BCUT2D eigenvalue weighted by molar-refractivity contribution is -0.124. The van der Waals surface area contributed by atoms with E-state index in [0.717, 1.165) is 11.1 Å². The van der Waals surface area contributed by atoms with E-state index in [2.05, 4.69) is 20.5 Å². The first-order valence-electron chi connectivity index (χ1n) is 8.51. The lowest BCUT2D eigenvalue weighted by Gasteiger charge is -2.36. The van der Waals surface area contributed by atoms with Crippen LogP contribution < -0.4 is 15.5 Å². The number of oxazole rings is 1. The van der Waals surface area contributed by atoms with Gasteiger partial charge in [0.1, 0.15) is 5.52 Å². The Bertz CT molecular complexity index is 719. The molecular weight excluding hydrogens is 322 g/mol. The molecule has 3 rings (SSSR count). The maximum atomic E-state index is 12.1. The second kappa shape index (κ2) is 7.52. The highest BCUT2D eigenvalue weighted by molar-refractivity contribution is 5.96. The molecule has 1 atom stereocenters. The summed E-state index contributed by atoms with van der Waals surface area (Å²) in [5.74, 6) is -0.290. The Morgan fingerprint density at radius 1 is 1.24 bits per heavy atom. The molecule has 1 aliphatic heterocycles. The van der Waals surface area contributed by atoms with Crippen molar-refractivity contribution in [1.29, 1.82) is 0 Å². The number of amides is 3. The van der Waals surface area contributed by atoms with E-state index in [4.69, 9.17) is 4.42 Å². The minimum atomic E-state index is -0.454. The summed E-state index contributed by atoms with van der Waals surface area (Å²) in [6, 6.07) is 7.46. The number of nitrogens with zero attached hydrogens (tertiary/aromatic N) is 3. The lowest BCUT2D eigenvalue weighted by Crippen LogP contribution is -2.55. The number of rotatable bonds is 4. The third kappa shape index (κ3) is 3.90. The number of piperazine rings is 1. The van der Waals surface area contributed by atoms with Crippen LogP contribution in [0.1, 0.15) is 13.8 Å². The summed E-state index contributed by atoms with van der Waals surface area (Å²) < 4.78 is 5.79. The van der Waals surface area contributed by atoms with Gasteiger partial charge in [-0.3, -0.25) is 15.0 Å². The van der Waals surface area contributed by atoms with Crippen molar-refractivity contribution in [3.63, 3.8) is 0 Å². The molecule has 8 nitrogen and oxygen atoms in total. The first-order valence-corrected chi connectivity index (χ1v) is 8.51. The summed E-state index contributed by atoms with van der Waals surface area (Å²) in [6.07, 6.45) is 0. The van der Waals surface area contributed by atoms with Crippen LogP contribution in [0.3, 0.4) is 0 Å². The van der Waals surface area contributed by atoms with Gasteiger partial charge in [0, 0.05) is 32.7 Å². The average Bonchev–Trinajstić information content (AvgIpc) is 3.05. The zero-order valence-electron chi connectivity index (χ0n) is 14.5. The number of fused-ring (bicyclic) bond motifs is 1. The maximum absolute atomic E-state index is 12.1. The monoisotopic (exact) mass is 345 g/mol. The number of benzene rings is 1. The molecule has 1 aromatic carbocycles. The topological polar surface area (TPSA) is 90.7 Å². The molecule has 1 unspecified atom stereocenters. The highest BCUT2D eigenvalue weighted by Crippen LogP contribution is 2.22. The van der Waals surface area contributed by atoms with E-state index in [1.165, 1.54) is 0 Å². The van der Waals surface area contributed by atoms with Gasteiger partial charge in [-0.2, -0.15) is 4.98 Å². The zero-order valence-corrected chi connectivity index (χ0v) is 14.5. The highest BCUT2D eigenvalue weighted by atomic mass is 16.4. The fourth-order valence-electron chi connectivity index (χ4n) is 2.88. The second-order valence-corrected chi connectivity index (χ2v) is 6.01. The summed E-state index contributed by atoms with van der Waals surface area (Å²) in [4.78, 5) is 32.2. The molecule has 0 radical (unpaired) electrons. The number of para-hydroxylation sites is 2. The van der Waals surface area contributed by atoms with Gasteiger partial charge in [-0.25, -0.2) is 4.79 Å². The van der Waals surface area contributed by atoms with Gasteiger partial charge in [0.2, 0.25) is 5.91 Å². The van der Waals surface area contributed by atoms with Crippen LogP contribution in [0.15, 0.2) is 28.7 Å². The lowest BCUT2D eigenvalue weighted by atomic mass is 10.2. The van der Waals surface area contributed by atoms with E-state index in [1.807, 2.05) is 36.1 Å². The zero-order chi connectivity index (χ0) is 17.8. The predicted octanol–water partition coefficient (Wildman–Crippen LogP) is 1.18. The van der Waals surface area contributed by atoms with Crippen molar-refractivity contribution in [1.82, 2.24) is 20.5 Å². The van der Waals surface area contributed by atoms with Crippen molar-refractivity contribution in [2.45, 2.75) is 19.9 Å². The molecular formula is C17H23N5O3. The van der Waals surface area contributed by atoms with Gasteiger partial charge in [-0.15, -0.1) is 0 Å². The number of hydrogen-bond acceptors (Lipinski definition) is 6. The Kier molecular flexibility index (Phi) is 5.18. The van der Waals surface area contributed by atoms with Crippen LogP contribution in [-0.2, 0) is 4.79 Å². The molecule has 134 valence electrons. The fraction of sp³-hybridized carbons (Fsp3) is 0.471. The van der Waals surface area contributed by atoms with E-state index in [-0.39, 0.29) is 11.9 Å². The average molecular weight is 345 g/mol. The normalized spacial score (nSPS) is 16.6. The molecule has 3 amide bonds. The molecule has 0 spiro atoms. The number of carbonyl (C=O) groups is 2. The van der Waals surface area contributed by atoms with Crippen LogP contribution in [0.2, 0.25) is 0 Å². The molecule has 25 heavy (non-hydrogen) atoms. The number of carbonyl (C=O) groups excluding carboxylic acids is 2. The van der Waals surface area contributed by atoms with Gasteiger partial charge >= 0.3 is 6.03 Å². The Balaban J connectivity index is 1.56. The first kappa shape index (κ1) is 17.2. The highest BCUT2D eigenvalue weighted by Gasteiger charge is 2.28. The largest absolute Gasteiger partial charge is 0.423 e. The van der Waals surface area contributed by atoms with Crippen LogP contribution in [0.25, 0.3) is 11.1 Å². The van der Waals surface area contributed by atoms with E-state index in [0.29, 0.717) is 38.7 Å². The molecule has 1 aromatic heterocycles. The summed E-state index contributed by atoms with van der Waals surface area (Å²) in [7, 11) is 0. The van der Waals surface area contributed by atoms with E-state index < -0.39 is 6.03 Å². The van der Waals surface area contributed by atoms with Crippen LogP contribution in [0.4, 0.5) is 10.8 Å².